The standard InChI is InChI=1S/C18H19N3O2S2/c1-11-10-21-16(19)14(17(22)20-18(21)24-11)9-12-7-8-15(23-12)25-13-5-3-2-4-6-13/h7-10,13,19H,2-6H2,1H3/b14-9-,19-16?. The number of amides is 1. The third-order valence-corrected chi connectivity index (χ3v) is 6.57. The fourth-order valence-electron chi connectivity index (χ4n) is 3.17. The highest BCUT2D eigenvalue weighted by Crippen LogP contribution is 2.36. The number of fused-ring (bicyclic) bond motifs is 1. The third kappa shape index (κ3) is 3.48. The van der Waals surface area contributed by atoms with E-state index in [0.717, 1.165) is 10.00 Å². The molecule has 0 saturated heterocycles. The molecule has 7 heteroatoms. The van der Waals surface area contributed by atoms with Gasteiger partial charge in [-0.3, -0.25) is 15.1 Å². The van der Waals surface area contributed by atoms with Gasteiger partial charge in [-0.2, -0.15) is 4.99 Å². The van der Waals surface area contributed by atoms with Gasteiger partial charge in [-0.25, -0.2) is 0 Å². The van der Waals surface area contributed by atoms with Gasteiger partial charge in [0.1, 0.15) is 11.6 Å². The number of aliphatic imine (C=N–C) groups is 1. The highest BCUT2D eigenvalue weighted by Gasteiger charge is 2.33. The monoisotopic (exact) mass is 373 g/mol. The Balaban J connectivity index is 1.53. The molecule has 3 heterocycles. The van der Waals surface area contributed by atoms with Crippen molar-refractivity contribution in [1.29, 1.82) is 5.41 Å². The fraction of sp³-hybridized carbons (Fsp3) is 0.389. The summed E-state index contributed by atoms with van der Waals surface area (Å²) >= 11 is 3.19. The molecule has 1 aromatic heterocycles. The van der Waals surface area contributed by atoms with E-state index in [0.29, 0.717) is 16.2 Å². The number of rotatable bonds is 3. The molecule has 0 spiro atoms. The van der Waals surface area contributed by atoms with Gasteiger partial charge in [-0.1, -0.05) is 42.8 Å². The number of carbonyl (C=O) groups excluding carboxylic acids is 1. The Bertz CT molecular complexity index is 816. The van der Waals surface area contributed by atoms with Gasteiger partial charge in [-0.15, -0.1) is 0 Å². The van der Waals surface area contributed by atoms with Crippen molar-refractivity contribution in [2.24, 2.45) is 4.99 Å². The number of hydrogen-bond donors (Lipinski definition) is 1. The van der Waals surface area contributed by atoms with Crippen molar-refractivity contribution in [3.05, 3.63) is 34.6 Å². The summed E-state index contributed by atoms with van der Waals surface area (Å²) in [6.07, 6.45) is 9.86. The molecule has 1 saturated carbocycles. The predicted octanol–water partition coefficient (Wildman–Crippen LogP) is 4.87. The molecule has 0 atom stereocenters. The molecule has 4 rings (SSSR count). The summed E-state index contributed by atoms with van der Waals surface area (Å²) < 4.78 is 5.87. The number of nitrogens with one attached hydrogen (secondary N) is 1. The van der Waals surface area contributed by atoms with Gasteiger partial charge < -0.3 is 4.42 Å². The first kappa shape index (κ1) is 16.7. The van der Waals surface area contributed by atoms with Crippen LogP contribution in [-0.4, -0.2) is 27.1 Å². The van der Waals surface area contributed by atoms with Crippen molar-refractivity contribution >= 4 is 46.5 Å². The van der Waals surface area contributed by atoms with E-state index in [4.69, 9.17) is 9.83 Å². The molecule has 0 unspecified atom stereocenters. The van der Waals surface area contributed by atoms with Crippen LogP contribution in [0.3, 0.4) is 0 Å². The number of thioether (sulfide) groups is 2. The molecule has 1 N–H and O–H groups in total. The van der Waals surface area contributed by atoms with Crippen LogP contribution in [0.4, 0.5) is 0 Å². The van der Waals surface area contributed by atoms with E-state index in [1.54, 1.807) is 22.7 Å². The fourth-order valence-corrected chi connectivity index (χ4v) is 5.17. The minimum atomic E-state index is -0.385. The summed E-state index contributed by atoms with van der Waals surface area (Å²) in [4.78, 5) is 19.0. The van der Waals surface area contributed by atoms with Crippen LogP contribution in [0.1, 0.15) is 44.8 Å². The van der Waals surface area contributed by atoms with Crippen LogP contribution < -0.4 is 0 Å². The van der Waals surface area contributed by atoms with Crippen LogP contribution in [0.15, 0.2) is 43.3 Å². The molecule has 130 valence electrons. The van der Waals surface area contributed by atoms with E-state index in [2.05, 4.69) is 4.99 Å². The molecule has 1 aliphatic carbocycles. The minimum absolute atomic E-state index is 0.150. The Hall–Kier alpha value is -1.73. The second kappa shape index (κ2) is 6.88. The lowest BCUT2D eigenvalue weighted by molar-refractivity contribution is -0.114. The van der Waals surface area contributed by atoms with Gasteiger partial charge >= 0.3 is 0 Å². The number of hydrogen-bond acceptors (Lipinski definition) is 5. The zero-order valence-corrected chi connectivity index (χ0v) is 15.6. The van der Waals surface area contributed by atoms with Crippen LogP contribution >= 0.6 is 23.5 Å². The van der Waals surface area contributed by atoms with E-state index >= 15 is 0 Å². The predicted molar refractivity (Wildman–Crippen MR) is 103 cm³/mol. The maximum Gasteiger partial charge on any atom is 0.283 e. The maximum absolute atomic E-state index is 12.3. The zero-order valence-electron chi connectivity index (χ0n) is 13.9. The highest BCUT2D eigenvalue weighted by atomic mass is 32.2. The topological polar surface area (TPSA) is 69.7 Å². The Morgan fingerprint density at radius 3 is 2.96 bits per heavy atom. The largest absolute Gasteiger partial charge is 0.450 e. The smallest absolute Gasteiger partial charge is 0.283 e. The van der Waals surface area contributed by atoms with Crippen LogP contribution in [0.25, 0.3) is 6.08 Å². The molecule has 1 fully saturated rings. The molecule has 1 amide bonds. The summed E-state index contributed by atoms with van der Waals surface area (Å²) in [5.41, 5.74) is 0.263. The van der Waals surface area contributed by atoms with Crippen LogP contribution in [0, 0.1) is 5.41 Å². The van der Waals surface area contributed by atoms with Crippen LogP contribution in [0.5, 0.6) is 0 Å². The average molecular weight is 374 g/mol. The lowest BCUT2D eigenvalue weighted by Gasteiger charge is -2.21. The average Bonchev–Trinajstić information content (AvgIpc) is 3.18. The van der Waals surface area contributed by atoms with Crippen molar-refractivity contribution in [2.75, 3.05) is 0 Å². The van der Waals surface area contributed by atoms with Crippen LogP contribution in [0.2, 0.25) is 0 Å². The number of carbonyl (C=O) groups is 1. The van der Waals surface area contributed by atoms with Gasteiger partial charge in [-0.05, 0) is 38.0 Å². The minimum Gasteiger partial charge on any atom is -0.450 e. The SMILES string of the molecule is CC1=CN2C(=N)/C(=C/c3ccc(SC4CCCCC4)o3)C(=O)N=C2S1. The number of nitrogens with zero attached hydrogens (tertiary/aromatic N) is 2. The Labute approximate surface area is 155 Å². The molecule has 25 heavy (non-hydrogen) atoms. The lowest BCUT2D eigenvalue weighted by Crippen LogP contribution is -2.35. The summed E-state index contributed by atoms with van der Waals surface area (Å²) in [7, 11) is 0. The zero-order chi connectivity index (χ0) is 17.4. The quantitative estimate of drug-likeness (QED) is 0.765. The van der Waals surface area contributed by atoms with Crippen molar-refractivity contribution in [3.63, 3.8) is 0 Å². The molecule has 0 aromatic carbocycles. The number of amidine groups is 2. The normalized spacial score (nSPS) is 23.1. The molecule has 0 bridgehead atoms. The Kier molecular flexibility index (Phi) is 4.60. The molecule has 1 aromatic rings. The molecular formula is C18H19N3O2S2. The van der Waals surface area contributed by atoms with E-state index in [9.17, 15) is 4.79 Å². The van der Waals surface area contributed by atoms with Gasteiger partial charge in [0.15, 0.2) is 10.3 Å². The maximum atomic E-state index is 12.3. The first-order chi connectivity index (χ1) is 12.1. The second-order valence-corrected chi connectivity index (χ2v) is 8.87. The third-order valence-electron chi connectivity index (χ3n) is 4.42. The van der Waals surface area contributed by atoms with Gasteiger partial charge in [0.05, 0.1) is 5.57 Å². The summed E-state index contributed by atoms with van der Waals surface area (Å²) in [5, 5.41) is 10.4. The molecule has 3 aliphatic rings. The van der Waals surface area contributed by atoms with Gasteiger partial charge in [0.2, 0.25) is 0 Å². The molecule has 5 nitrogen and oxygen atoms in total. The van der Waals surface area contributed by atoms with Crippen molar-refractivity contribution in [1.82, 2.24) is 4.90 Å². The van der Waals surface area contributed by atoms with Gasteiger partial charge in [0.25, 0.3) is 5.91 Å². The summed E-state index contributed by atoms with van der Waals surface area (Å²) in [6, 6.07) is 3.81. The van der Waals surface area contributed by atoms with E-state index < -0.39 is 0 Å². The van der Waals surface area contributed by atoms with Crippen molar-refractivity contribution in [2.45, 2.75) is 49.4 Å². The van der Waals surface area contributed by atoms with E-state index in [1.165, 1.54) is 43.9 Å². The van der Waals surface area contributed by atoms with E-state index in [-0.39, 0.29) is 17.3 Å². The Morgan fingerprint density at radius 2 is 2.16 bits per heavy atom. The number of allylic oxidation sites excluding steroid dienone is 1. The summed E-state index contributed by atoms with van der Waals surface area (Å²) in [5.74, 6) is 0.361. The second-order valence-electron chi connectivity index (χ2n) is 6.35. The van der Waals surface area contributed by atoms with Gasteiger partial charge in [0, 0.05) is 16.4 Å². The Morgan fingerprint density at radius 1 is 1.36 bits per heavy atom. The van der Waals surface area contributed by atoms with E-state index in [1.807, 2.05) is 25.3 Å². The molecule has 0 radical (unpaired) electrons. The number of furan rings is 1. The molecular weight excluding hydrogens is 354 g/mol. The highest BCUT2D eigenvalue weighted by molar-refractivity contribution is 8.17. The van der Waals surface area contributed by atoms with Crippen LogP contribution in [-0.2, 0) is 4.79 Å². The first-order valence-corrected chi connectivity index (χ1v) is 10.2. The first-order valence-electron chi connectivity index (χ1n) is 8.46. The van der Waals surface area contributed by atoms with Crippen molar-refractivity contribution < 1.29 is 9.21 Å². The van der Waals surface area contributed by atoms with Crippen molar-refractivity contribution in [3.8, 4) is 0 Å². The summed E-state index contributed by atoms with van der Waals surface area (Å²) in [6.45, 7) is 1.94. The molecule has 2 aliphatic heterocycles. The lowest BCUT2D eigenvalue weighted by atomic mass is 10.0.